The monoisotopic (exact) mass is 325 g/mol. The highest BCUT2D eigenvalue weighted by Crippen LogP contribution is 2.13. The molecule has 1 aromatic carbocycles. The molecule has 0 saturated carbocycles. The third kappa shape index (κ3) is 4.28. The largest absolute Gasteiger partial charge is 0.352 e. The highest BCUT2D eigenvalue weighted by molar-refractivity contribution is 7.89. The van der Waals surface area contributed by atoms with Crippen molar-refractivity contribution in [3.63, 3.8) is 0 Å². The van der Waals surface area contributed by atoms with Crippen LogP contribution in [-0.4, -0.2) is 63.3 Å². The minimum atomic E-state index is -3.62. The summed E-state index contributed by atoms with van der Waals surface area (Å²) in [7, 11) is -0.138. The fourth-order valence-corrected chi connectivity index (χ4v) is 3.63. The van der Waals surface area contributed by atoms with E-state index >= 15 is 0 Å². The summed E-state index contributed by atoms with van der Waals surface area (Å²) in [5, 5.41) is 2.92. The van der Waals surface area contributed by atoms with Crippen LogP contribution in [0, 0.1) is 0 Å². The number of likely N-dealkylation sites (N-methyl/N-ethyl adjacent to an activating group) is 1. The Morgan fingerprint density at radius 2 is 1.86 bits per heavy atom. The Balaban J connectivity index is 1.91. The van der Waals surface area contributed by atoms with Crippen LogP contribution >= 0.6 is 0 Å². The van der Waals surface area contributed by atoms with Gasteiger partial charge in [-0.1, -0.05) is 18.2 Å². The fraction of sp³-hybridized carbons (Fsp3) is 0.533. The Hall–Kier alpha value is -1.44. The fourth-order valence-electron chi connectivity index (χ4n) is 2.49. The molecule has 22 heavy (non-hydrogen) atoms. The van der Waals surface area contributed by atoms with E-state index < -0.39 is 10.0 Å². The number of hydrogen-bond acceptors (Lipinski definition) is 4. The lowest BCUT2D eigenvalue weighted by Crippen LogP contribution is -2.46. The number of hydrogen-bond donors (Lipinski definition) is 1. The highest BCUT2D eigenvalue weighted by atomic mass is 32.2. The van der Waals surface area contributed by atoms with E-state index in [0.717, 1.165) is 30.2 Å². The smallest absolute Gasteiger partial charge is 0.243 e. The van der Waals surface area contributed by atoms with Gasteiger partial charge in [-0.05, 0) is 45.1 Å². The number of carbonyl (C=O) groups is 1. The summed E-state index contributed by atoms with van der Waals surface area (Å²) in [5.41, 5.74) is 0. The lowest BCUT2D eigenvalue weighted by molar-refractivity contribution is -0.122. The number of nitrogens with one attached hydrogen (secondary N) is 1. The van der Waals surface area contributed by atoms with Crippen LogP contribution in [0.1, 0.15) is 12.8 Å². The molecule has 1 aliphatic rings. The van der Waals surface area contributed by atoms with Gasteiger partial charge in [-0.2, -0.15) is 4.31 Å². The maximum Gasteiger partial charge on any atom is 0.243 e. The molecule has 0 spiro atoms. The second kappa shape index (κ2) is 7.21. The zero-order chi connectivity index (χ0) is 16.2. The van der Waals surface area contributed by atoms with Gasteiger partial charge in [0.1, 0.15) is 0 Å². The van der Waals surface area contributed by atoms with Crippen molar-refractivity contribution < 1.29 is 13.2 Å². The Kier molecular flexibility index (Phi) is 5.55. The average molecular weight is 325 g/mol. The first-order valence-electron chi connectivity index (χ1n) is 7.39. The molecule has 0 radical (unpaired) electrons. The zero-order valence-electron chi connectivity index (χ0n) is 13.0. The number of likely N-dealkylation sites (tertiary alicyclic amines) is 1. The normalized spacial score (nSPS) is 17.6. The van der Waals surface area contributed by atoms with Gasteiger partial charge in [-0.25, -0.2) is 8.42 Å². The summed E-state index contributed by atoms with van der Waals surface area (Å²) in [4.78, 5) is 14.5. The van der Waals surface area contributed by atoms with E-state index in [1.54, 1.807) is 18.2 Å². The molecule has 0 atom stereocenters. The minimum absolute atomic E-state index is 0.136. The maximum absolute atomic E-state index is 12.3. The van der Waals surface area contributed by atoms with Crippen LogP contribution in [-0.2, 0) is 14.8 Å². The Morgan fingerprint density at radius 3 is 2.45 bits per heavy atom. The number of sulfonamides is 1. The van der Waals surface area contributed by atoms with Gasteiger partial charge in [0, 0.05) is 13.1 Å². The van der Waals surface area contributed by atoms with E-state index in [1.807, 2.05) is 0 Å². The summed E-state index contributed by atoms with van der Waals surface area (Å²) >= 11 is 0. The van der Waals surface area contributed by atoms with Crippen LogP contribution in [0.25, 0.3) is 0 Å². The van der Waals surface area contributed by atoms with Crippen LogP contribution in [0.4, 0.5) is 0 Å². The number of amides is 1. The molecule has 1 fully saturated rings. The van der Waals surface area contributed by atoms with Crippen molar-refractivity contribution in [2.45, 2.75) is 23.8 Å². The molecule has 1 saturated heterocycles. The van der Waals surface area contributed by atoms with Crippen LogP contribution < -0.4 is 5.32 Å². The van der Waals surface area contributed by atoms with Crippen molar-refractivity contribution in [3.8, 4) is 0 Å². The minimum Gasteiger partial charge on any atom is -0.352 e. The zero-order valence-corrected chi connectivity index (χ0v) is 13.8. The molecule has 1 amide bonds. The molecule has 0 bridgehead atoms. The average Bonchev–Trinajstić information content (AvgIpc) is 2.50. The van der Waals surface area contributed by atoms with Crippen molar-refractivity contribution in [1.29, 1.82) is 0 Å². The van der Waals surface area contributed by atoms with Crippen molar-refractivity contribution in [3.05, 3.63) is 30.3 Å². The van der Waals surface area contributed by atoms with E-state index in [2.05, 4.69) is 17.3 Å². The second-order valence-electron chi connectivity index (χ2n) is 5.72. The molecule has 2 rings (SSSR count). The van der Waals surface area contributed by atoms with E-state index in [9.17, 15) is 13.2 Å². The van der Waals surface area contributed by atoms with Crippen LogP contribution in [0.3, 0.4) is 0 Å². The van der Waals surface area contributed by atoms with Crippen molar-refractivity contribution >= 4 is 15.9 Å². The summed E-state index contributed by atoms with van der Waals surface area (Å²) in [6.45, 7) is 1.73. The van der Waals surface area contributed by atoms with Crippen LogP contribution in [0.2, 0.25) is 0 Å². The lowest BCUT2D eigenvalue weighted by Gasteiger charge is -2.29. The third-order valence-electron chi connectivity index (χ3n) is 3.90. The lowest BCUT2D eigenvalue weighted by atomic mass is 10.1. The Morgan fingerprint density at radius 1 is 1.27 bits per heavy atom. The van der Waals surface area contributed by atoms with Crippen molar-refractivity contribution in [2.75, 3.05) is 33.7 Å². The number of rotatable bonds is 5. The van der Waals surface area contributed by atoms with Gasteiger partial charge in [0.05, 0.1) is 11.4 Å². The first-order chi connectivity index (χ1) is 10.4. The summed E-state index contributed by atoms with van der Waals surface area (Å²) in [5.74, 6) is -0.253. The van der Waals surface area contributed by atoms with Crippen LogP contribution in [0.15, 0.2) is 35.2 Å². The summed E-state index contributed by atoms with van der Waals surface area (Å²) in [6, 6.07) is 8.28. The molecule has 1 N–H and O–H groups in total. The molecular formula is C15H23N3O3S. The third-order valence-corrected chi connectivity index (χ3v) is 5.72. The number of benzene rings is 1. The van der Waals surface area contributed by atoms with Gasteiger partial charge in [-0.3, -0.25) is 4.79 Å². The number of piperidine rings is 1. The number of carbonyl (C=O) groups excluding carboxylic acids is 1. The van der Waals surface area contributed by atoms with Gasteiger partial charge < -0.3 is 10.2 Å². The first-order valence-corrected chi connectivity index (χ1v) is 8.83. The van der Waals surface area contributed by atoms with Gasteiger partial charge in [0.2, 0.25) is 15.9 Å². The maximum atomic E-state index is 12.3. The van der Waals surface area contributed by atoms with Gasteiger partial charge in [0.25, 0.3) is 0 Å². The van der Waals surface area contributed by atoms with E-state index in [0.29, 0.717) is 0 Å². The molecule has 6 nitrogen and oxygen atoms in total. The molecule has 1 aliphatic heterocycles. The SMILES string of the molecule is CN1CCC(NC(=O)CN(C)S(=O)(=O)c2ccccc2)CC1. The molecule has 1 heterocycles. The molecule has 1 aromatic rings. The van der Waals surface area contributed by atoms with E-state index in [1.165, 1.54) is 19.2 Å². The number of nitrogens with zero attached hydrogens (tertiary/aromatic N) is 2. The molecular weight excluding hydrogens is 302 g/mol. The Bertz CT molecular complexity index is 596. The van der Waals surface area contributed by atoms with Crippen molar-refractivity contribution in [2.24, 2.45) is 0 Å². The highest BCUT2D eigenvalue weighted by Gasteiger charge is 2.24. The Labute approximate surface area is 132 Å². The second-order valence-corrected chi connectivity index (χ2v) is 7.76. The molecule has 122 valence electrons. The van der Waals surface area contributed by atoms with Gasteiger partial charge in [0.15, 0.2) is 0 Å². The topological polar surface area (TPSA) is 69.7 Å². The summed E-state index contributed by atoms with van der Waals surface area (Å²) in [6.07, 6.45) is 1.80. The van der Waals surface area contributed by atoms with Gasteiger partial charge in [-0.15, -0.1) is 0 Å². The van der Waals surface area contributed by atoms with E-state index in [-0.39, 0.29) is 23.4 Å². The quantitative estimate of drug-likeness (QED) is 0.857. The molecule has 0 aromatic heterocycles. The predicted octanol–water partition coefficient (Wildman–Crippen LogP) is 0.518. The predicted molar refractivity (Wildman–Crippen MR) is 84.9 cm³/mol. The first kappa shape index (κ1) is 16.9. The molecule has 0 unspecified atom stereocenters. The summed E-state index contributed by atoms with van der Waals surface area (Å²) < 4.78 is 25.8. The van der Waals surface area contributed by atoms with E-state index in [4.69, 9.17) is 0 Å². The standard InChI is InChI=1S/C15H23N3O3S/c1-17-10-8-13(9-11-17)16-15(19)12-18(2)22(20,21)14-6-4-3-5-7-14/h3-7,13H,8-12H2,1-2H3,(H,16,19). The van der Waals surface area contributed by atoms with Gasteiger partial charge >= 0.3 is 0 Å². The van der Waals surface area contributed by atoms with Crippen molar-refractivity contribution in [1.82, 2.24) is 14.5 Å². The molecule has 7 heteroatoms. The molecule has 0 aliphatic carbocycles. The van der Waals surface area contributed by atoms with Crippen LogP contribution in [0.5, 0.6) is 0 Å².